The summed E-state index contributed by atoms with van der Waals surface area (Å²) in [6.45, 7) is 3.14. The summed E-state index contributed by atoms with van der Waals surface area (Å²) in [5.74, 6) is 1.01. The van der Waals surface area contributed by atoms with Gasteiger partial charge in [0.15, 0.2) is 5.16 Å². The number of likely N-dealkylation sites (tertiary alicyclic amines) is 1. The molecule has 35 heavy (non-hydrogen) atoms. The smallest absolute Gasteiger partial charge is 0.230 e. The van der Waals surface area contributed by atoms with Gasteiger partial charge in [-0.15, -0.1) is 0 Å². The molecule has 1 aliphatic heterocycles. The lowest BCUT2D eigenvalue weighted by Crippen LogP contribution is -2.41. The van der Waals surface area contributed by atoms with E-state index in [9.17, 15) is 9.18 Å². The standard InChI is InChI=1S/C26H28ClFN4O2S/c1-34-22-7-5-20(6-8-22)21-13-30-26(31-14-21)35-17-25(33)29-12-19-3-2-10-32(16-19)15-18-4-9-23(27)24(28)11-18/h4-9,11,13-14,19H,2-3,10,12,15-17H2,1H3,(H,29,33). The summed E-state index contributed by atoms with van der Waals surface area (Å²) in [6.07, 6.45) is 5.64. The molecule has 4 rings (SSSR count). The fourth-order valence-corrected chi connectivity index (χ4v) is 4.85. The van der Waals surface area contributed by atoms with E-state index in [-0.39, 0.29) is 22.5 Å². The Bertz CT molecular complexity index is 1130. The van der Waals surface area contributed by atoms with Crippen molar-refractivity contribution >= 4 is 29.3 Å². The summed E-state index contributed by atoms with van der Waals surface area (Å²) < 4.78 is 18.9. The van der Waals surface area contributed by atoms with Crippen molar-refractivity contribution in [2.24, 2.45) is 5.92 Å². The van der Waals surface area contributed by atoms with Gasteiger partial charge in [-0.05, 0) is 60.7 Å². The Hall–Kier alpha value is -2.68. The van der Waals surface area contributed by atoms with Crippen LogP contribution in [0.5, 0.6) is 5.75 Å². The number of piperidine rings is 1. The van der Waals surface area contributed by atoms with E-state index in [1.807, 2.05) is 30.3 Å². The van der Waals surface area contributed by atoms with Gasteiger partial charge < -0.3 is 10.1 Å². The van der Waals surface area contributed by atoms with Crippen LogP contribution in [-0.2, 0) is 11.3 Å². The molecule has 2 heterocycles. The lowest BCUT2D eigenvalue weighted by molar-refractivity contribution is -0.118. The number of nitrogens with one attached hydrogen (secondary N) is 1. The topological polar surface area (TPSA) is 67.3 Å². The van der Waals surface area contributed by atoms with Crippen LogP contribution in [0.15, 0.2) is 60.0 Å². The van der Waals surface area contributed by atoms with Crippen LogP contribution < -0.4 is 10.1 Å². The average Bonchev–Trinajstić information content (AvgIpc) is 2.89. The number of hydrogen-bond donors (Lipinski definition) is 1. The van der Waals surface area contributed by atoms with Crippen molar-refractivity contribution in [2.45, 2.75) is 24.5 Å². The van der Waals surface area contributed by atoms with Crippen molar-refractivity contribution < 1.29 is 13.9 Å². The predicted octanol–water partition coefficient (Wildman–Crippen LogP) is 5.07. The summed E-state index contributed by atoms with van der Waals surface area (Å²) in [5, 5.41) is 3.75. The van der Waals surface area contributed by atoms with E-state index in [4.69, 9.17) is 16.3 Å². The Balaban J connectivity index is 1.19. The quantitative estimate of drug-likeness (QED) is 0.318. The van der Waals surface area contributed by atoms with Crippen molar-refractivity contribution in [2.75, 3.05) is 32.5 Å². The fraction of sp³-hybridized carbons (Fsp3) is 0.346. The number of aromatic nitrogens is 2. The molecule has 184 valence electrons. The largest absolute Gasteiger partial charge is 0.497 e. The zero-order valence-electron chi connectivity index (χ0n) is 19.5. The highest BCUT2D eigenvalue weighted by molar-refractivity contribution is 7.99. The van der Waals surface area contributed by atoms with Gasteiger partial charge in [-0.1, -0.05) is 41.6 Å². The molecule has 1 atom stereocenters. The first-order chi connectivity index (χ1) is 17.0. The highest BCUT2D eigenvalue weighted by atomic mass is 35.5. The number of carbonyl (C=O) groups excluding carboxylic acids is 1. The maximum Gasteiger partial charge on any atom is 0.230 e. The number of benzene rings is 2. The van der Waals surface area contributed by atoms with E-state index in [1.54, 1.807) is 25.6 Å². The molecule has 1 amide bonds. The van der Waals surface area contributed by atoms with Crippen molar-refractivity contribution in [3.05, 3.63) is 71.3 Å². The van der Waals surface area contributed by atoms with E-state index in [2.05, 4.69) is 20.2 Å². The number of rotatable bonds is 9. The van der Waals surface area contributed by atoms with E-state index >= 15 is 0 Å². The summed E-state index contributed by atoms with van der Waals surface area (Å²) >= 11 is 7.10. The van der Waals surface area contributed by atoms with Gasteiger partial charge in [0.2, 0.25) is 5.91 Å². The molecule has 1 saturated heterocycles. The lowest BCUT2D eigenvalue weighted by Gasteiger charge is -2.32. The molecular weight excluding hydrogens is 487 g/mol. The zero-order chi connectivity index (χ0) is 24.6. The van der Waals surface area contributed by atoms with Gasteiger partial charge in [-0.2, -0.15) is 0 Å². The molecule has 9 heteroatoms. The molecule has 1 aliphatic rings. The minimum absolute atomic E-state index is 0.0327. The van der Waals surface area contributed by atoms with Crippen molar-refractivity contribution in [3.63, 3.8) is 0 Å². The summed E-state index contributed by atoms with van der Waals surface area (Å²) in [4.78, 5) is 23.4. The second kappa shape index (κ2) is 12.3. The van der Waals surface area contributed by atoms with E-state index in [0.717, 1.165) is 48.4 Å². The van der Waals surface area contributed by atoms with Crippen LogP contribution in [0.3, 0.4) is 0 Å². The fourth-order valence-electron chi connectivity index (χ4n) is 4.12. The maximum absolute atomic E-state index is 13.7. The van der Waals surface area contributed by atoms with Crippen LogP contribution in [0.1, 0.15) is 18.4 Å². The minimum atomic E-state index is -0.387. The number of methoxy groups -OCH3 is 1. The molecule has 3 aromatic rings. The van der Waals surface area contributed by atoms with E-state index in [1.165, 1.54) is 17.8 Å². The number of thioether (sulfide) groups is 1. The highest BCUT2D eigenvalue weighted by Gasteiger charge is 2.21. The summed E-state index contributed by atoms with van der Waals surface area (Å²) in [5.41, 5.74) is 2.82. The molecule has 0 radical (unpaired) electrons. The Kier molecular flexibility index (Phi) is 8.95. The average molecular weight is 515 g/mol. The molecule has 0 saturated carbocycles. The number of hydrogen-bond acceptors (Lipinski definition) is 6. The number of ether oxygens (including phenoxy) is 1. The number of nitrogens with zero attached hydrogens (tertiary/aromatic N) is 3. The van der Waals surface area contributed by atoms with Crippen LogP contribution in [0.25, 0.3) is 11.1 Å². The third-order valence-corrected chi connectivity index (χ3v) is 7.15. The third-order valence-electron chi connectivity index (χ3n) is 5.97. The van der Waals surface area contributed by atoms with E-state index < -0.39 is 0 Å². The maximum atomic E-state index is 13.7. The van der Waals surface area contributed by atoms with Gasteiger partial charge in [0.1, 0.15) is 11.6 Å². The molecule has 0 bridgehead atoms. The van der Waals surface area contributed by atoms with Gasteiger partial charge >= 0.3 is 0 Å². The Morgan fingerprint density at radius 3 is 2.69 bits per heavy atom. The first-order valence-corrected chi connectivity index (χ1v) is 12.9. The van der Waals surface area contributed by atoms with Crippen LogP contribution in [0.4, 0.5) is 4.39 Å². The van der Waals surface area contributed by atoms with Crippen molar-refractivity contribution in [1.29, 1.82) is 0 Å². The van der Waals surface area contributed by atoms with Gasteiger partial charge in [0, 0.05) is 37.6 Å². The Labute approximate surface area is 214 Å². The minimum Gasteiger partial charge on any atom is -0.497 e. The van der Waals surface area contributed by atoms with Gasteiger partial charge in [-0.25, -0.2) is 14.4 Å². The molecule has 1 aromatic heterocycles. The molecule has 1 N–H and O–H groups in total. The number of carbonyl (C=O) groups is 1. The lowest BCUT2D eigenvalue weighted by atomic mass is 9.97. The van der Waals surface area contributed by atoms with Crippen molar-refractivity contribution in [1.82, 2.24) is 20.2 Å². The molecule has 0 aliphatic carbocycles. The van der Waals surface area contributed by atoms with Crippen LogP contribution in [0.2, 0.25) is 5.02 Å². The molecule has 1 unspecified atom stereocenters. The second-order valence-corrected chi connectivity index (χ2v) is 9.92. The van der Waals surface area contributed by atoms with E-state index in [0.29, 0.717) is 24.2 Å². The van der Waals surface area contributed by atoms with Gasteiger partial charge in [0.25, 0.3) is 0 Å². The molecule has 1 fully saturated rings. The van der Waals surface area contributed by atoms with Crippen LogP contribution in [0, 0.1) is 11.7 Å². The third kappa shape index (κ3) is 7.40. The normalized spacial score (nSPS) is 16.1. The molecule has 2 aromatic carbocycles. The van der Waals surface area contributed by atoms with Crippen LogP contribution >= 0.6 is 23.4 Å². The molecular formula is C26H28ClFN4O2S. The number of halogens is 2. The number of amides is 1. The Morgan fingerprint density at radius 1 is 1.20 bits per heavy atom. The monoisotopic (exact) mass is 514 g/mol. The molecule has 6 nitrogen and oxygen atoms in total. The highest BCUT2D eigenvalue weighted by Crippen LogP contribution is 2.23. The van der Waals surface area contributed by atoms with Gasteiger partial charge in [0.05, 0.1) is 17.9 Å². The Morgan fingerprint density at radius 2 is 1.97 bits per heavy atom. The first-order valence-electron chi connectivity index (χ1n) is 11.5. The van der Waals surface area contributed by atoms with Gasteiger partial charge in [-0.3, -0.25) is 9.69 Å². The summed E-state index contributed by atoms with van der Waals surface area (Å²) in [6, 6.07) is 12.7. The zero-order valence-corrected chi connectivity index (χ0v) is 21.1. The molecule has 0 spiro atoms. The van der Waals surface area contributed by atoms with Crippen molar-refractivity contribution in [3.8, 4) is 16.9 Å². The first kappa shape index (κ1) is 25.4. The summed E-state index contributed by atoms with van der Waals surface area (Å²) in [7, 11) is 1.64. The SMILES string of the molecule is COc1ccc(-c2cnc(SCC(=O)NCC3CCCN(Cc4ccc(Cl)c(F)c4)C3)nc2)cc1. The predicted molar refractivity (Wildman–Crippen MR) is 137 cm³/mol. The second-order valence-electron chi connectivity index (χ2n) is 8.57. The van der Waals surface area contributed by atoms with Crippen LogP contribution in [-0.4, -0.2) is 53.3 Å².